The number of ether oxygens (including phenoxy) is 1. The van der Waals surface area contributed by atoms with E-state index in [2.05, 4.69) is 18.7 Å². The number of nitrogens with zero attached hydrogens (tertiary/aromatic N) is 2. The van der Waals surface area contributed by atoms with Crippen LogP contribution in [-0.4, -0.2) is 47.5 Å². The summed E-state index contributed by atoms with van der Waals surface area (Å²) in [5.74, 6) is 0.565. The molecule has 1 amide bonds. The highest BCUT2D eigenvalue weighted by Crippen LogP contribution is 2.22. The quantitative estimate of drug-likeness (QED) is 0.783. The summed E-state index contributed by atoms with van der Waals surface area (Å²) in [6.45, 7) is 10.5. The van der Waals surface area contributed by atoms with Gasteiger partial charge in [0.1, 0.15) is 11.6 Å². The van der Waals surface area contributed by atoms with Gasteiger partial charge >= 0.3 is 0 Å². The van der Waals surface area contributed by atoms with Crippen LogP contribution < -0.4 is 4.74 Å². The van der Waals surface area contributed by atoms with Crippen LogP contribution in [0.5, 0.6) is 5.75 Å². The Hall–Kier alpha value is -2.40. The number of halogens is 1. The molecule has 0 radical (unpaired) electrons. The van der Waals surface area contributed by atoms with Crippen molar-refractivity contribution in [1.82, 2.24) is 9.80 Å². The summed E-state index contributed by atoms with van der Waals surface area (Å²) in [4.78, 5) is 17.0. The van der Waals surface area contributed by atoms with E-state index in [1.165, 1.54) is 12.1 Å². The van der Waals surface area contributed by atoms with Crippen molar-refractivity contribution in [3.05, 3.63) is 65.0 Å². The van der Waals surface area contributed by atoms with E-state index in [0.29, 0.717) is 6.54 Å². The lowest BCUT2D eigenvalue weighted by molar-refractivity contribution is -0.139. The molecule has 0 aromatic heterocycles. The average Bonchev–Trinajstić information content (AvgIpc) is 2.67. The molecule has 1 heterocycles. The summed E-state index contributed by atoms with van der Waals surface area (Å²) in [5, 5.41) is 0. The third kappa shape index (κ3) is 4.71. The van der Waals surface area contributed by atoms with Gasteiger partial charge in [-0.2, -0.15) is 0 Å². The predicted molar refractivity (Wildman–Crippen MR) is 109 cm³/mol. The van der Waals surface area contributed by atoms with Gasteiger partial charge in [-0.05, 0) is 62.6 Å². The van der Waals surface area contributed by atoms with Crippen molar-refractivity contribution >= 4 is 5.91 Å². The number of carbonyl (C=O) groups excluding carboxylic acids is 1. The first-order chi connectivity index (χ1) is 13.3. The summed E-state index contributed by atoms with van der Waals surface area (Å²) in [6.07, 6.45) is 0. The topological polar surface area (TPSA) is 32.8 Å². The third-order valence-electron chi connectivity index (χ3n) is 5.64. The molecule has 28 heavy (non-hydrogen) atoms. The molecule has 0 unspecified atom stereocenters. The average molecular weight is 384 g/mol. The van der Waals surface area contributed by atoms with Gasteiger partial charge in [0.25, 0.3) is 5.91 Å². The molecule has 2 aromatic rings. The van der Waals surface area contributed by atoms with E-state index in [1.807, 2.05) is 49.1 Å². The second-order valence-corrected chi connectivity index (χ2v) is 7.79. The molecular weight excluding hydrogens is 355 g/mol. The van der Waals surface area contributed by atoms with Crippen molar-refractivity contribution in [3.63, 3.8) is 0 Å². The molecule has 0 bridgehead atoms. The zero-order valence-corrected chi connectivity index (χ0v) is 17.1. The van der Waals surface area contributed by atoms with Crippen LogP contribution in [0.4, 0.5) is 4.39 Å². The Labute approximate surface area is 166 Å². The van der Waals surface area contributed by atoms with Gasteiger partial charge in [-0.1, -0.05) is 24.3 Å². The monoisotopic (exact) mass is 384 g/mol. The van der Waals surface area contributed by atoms with Crippen molar-refractivity contribution in [3.8, 4) is 5.75 Å². The summed E-state index contributed by atoms with van der Waals surface area (Å²) in [7, 11) is 0. The minimum Gasteiger partial charge on any atom is -0.483 e. The van der Waals surface area contributed by atoms with E-state index in [1.54, 1.807) is 0 Å². The minimum atomic E-state index is -0.218. The number of carbonyl (C=O) groups is 1. The highest BCUT2D eigenvalue weighted by molar-refractivity contribution is 5.78. The molecule has 0 N–H and O–H groups in total. The normalized spacial score (nSPS) is 20.2. The number of hydrogen-bond donors (Lipinski definition) is 0. The van der Waals surface area contributed by atoms with Crippen LogP contribution in [0, 0.1) is 19.7 Å². The van der Waals surface area contributed by atoms with Crippen molar-refractivity contribution in [2.45, 2.75) is 46.3 Å². The van der Waals surface area contributed by atoms with Crippen LogP contribution in [0.2, 0.25) is 0 Å². The van der Waals surface area contributed by atoms with Crippen molar-refractivity contribution in [1.29, 1.82) is 0 Å². The van der Waals surface area contributed by atoms with E-state index in [9.17, 15) is 9.18 Å². The van der Waals surface area contributed by atoms with Crippen molar-refractivity contribution in [2.75, 3.05) is 19.7 Å². The molecular formula is C23H29FN2O2. The van der Waals surface area contributed by atoms with E-state index in [-0.39, 0.29) is 30.4 Å². The standard InChI is InChI=1S/C23H29FN2O2/c1-16-6-5-7-22(19(16)4)28-15-23(27)26-13-17(2)25(12-18(26)3)14-20-8-10-21(24)11-9-20/h5-11,17-18H,12-15H2,1-4H3/t17-,18+/m1/s1. The highest BCUT2D eigenvalue weighted by Gasteiger charge is 2.32. The Balaban J connectivity index is 1.57. The van der Waals surface area contributed by atoms with Gasteiger partial charge in [-0.25, -0.2) is 4.39 Å². The van der Waals surface area contributed by atoms with Crippen LogP contribution >= 0.6 is 0 Å². The Morgan fingerprint density at radius 1 is 1.07 bits per heavy atom. The van der Waals surface area contributed by atoms with E-state index in [4.69, 9.17) is 4.74 Å². The summed E-state index contributed by atoms with van der Waals surface area (Å²) >= 11 is 0. The number of piperazine rings is 1. The molecule has 0 aliphatic carbocycles. The Morgan fingerprint density at radius 3 is 2.50 bits per heavy atom. The minimum absolute atomic E-state index is 0.0155. The summed E-state index contributed by atoms with van der Waals surface area (Å²) in [5.41, 5.74) is 3.31. The molecule has 1 saturated heterocycles. The van der Waals surface area contributed by atoms with Gasteiger partial charge in [0, 0.05) is 31.7 Å². The van der Waals surface area contributed by atoms with Gasteiger partial charge in [0.15, 0.2) is 6.61 Å². The molecule has 1 fully saturated rings. The Morgan fingerprint density at radius 2 is 1.79 bits per heavy atom. The van der Waals surface area contributed by atoms with Gasteiger partial charge in [-0.15, -0.1) is 0 Å². The summed E-state index contributed by atoms with van der Waals surface area (Å²) < 4.78 is 18.9. The third-order valence-corrected chi connectivity index (χ3v) is 5.64. The maximum Gasteiger partial charge on any atom is 0.260 e. The molecule has 4 nitrogen and oxygen atoms in total. The molecule has 5 heteroatoms. The van der Waals surface area contributed by atoms with Crippen LogP contribution in [0.1, 0.15) is 30.5 Å². The molecule has 1 aliphatic rings. The Bertz CT molecular complexity index is 822. The van der Waals surface area contributed by atoms with Crippen LogP contribution in [0.15, 0.2) is 42.5 Å². The largest absolute Gasteiger partial charge is 0.483 e. The molecule has 150 valence electrons. The fraction of sp³-hybridized carbons (Fsp3) is 0.435. The lowest BCUT2D eigenvalue weighted by Gasteiger charge is -2.44. The van der Waals surface area contributed by atoms with Gasteiger partial charge in [0.2, 0.25) is 0 Å². The van der Waals surface area contributed by atoms with Gasteiger partial charge in [-0.3, -0.25) is 9.69 Å². The number of benzene rings is 2. The highest BCUT2D eigenvalue weighted by atomic mass is 19.1. The Kier molecular flexibility index (Phi) is 6.35. The molecule has 1 aliphatic heterocycles. The SMILES string of the molecule is Cc1cccc(OCC(=O)N2C[C@@H](C)N(Cc3ccc(F)cc3)C[C@@H]2C)c1C. The van der Waals surface area contributed by atoms with E-state index >= 15 is 0 Å². The van der Waals surface area contributed by atoms with Crippen LogP contribution in [0.3, 0.4) is 0 Å². The lowest BCUT2D eigenvalue weighted by atomic mass is 10.1. The van der Waals surface area contributed by atoms with Crippen LogP contribution in [0.25, 0.3) is 0 Å². The lowest BCUT2D eigenvalue weighted by Crippen LogP contribution is -2.58. The maximum atomic E-state index is 13.1. The van der Waals surface area contributed by atoms with E-state index in [0.717, 1.165) is 35.5 Å². The smallest absolute Gasteiger partial charge is 0.260 e. The summed E-state index contributed by atoms with van der Waals surface area (Å²) in [6, 6.07) is 12.8. The fourth-order valence-corrected chi connectivity index (χ4v) is 3.69. The first-order valence-electron chi connectivity index (χ1n) is 9.82. The zero-order valence-electron chi connectivity index (χ0n) is 17.1. The molecule has 2 aromatic carbocycles. The molecule has 0 spiro atoms. The first kappa shape index (κ1) is 20.3. The fourth-order valence-electron chi connectivity index (χ4n) is 3.69. The van der Waals surface area contributed by atoms with Crippen molar-refractivity contribution < 1.29 is 13.9 Å². The zero-order chi connectivity index (χ0) is 20.3. The van der Waals surface area contributed by atoms with Crippen LogP contribution in [-0.2, 0) is 11.3 Å². The number of aryl methyl sites for hydroxylation is 1. The number of hydrogen-bond acceptors (Lipinski definition) is 3. The predicted octanol–water partition coefficient (Wildman–Crippen LogP) is 3.94. The second-order valence-electron chi connectivity index (χ2n) is 7.79. The van der Waals surface area contributed by atoms with Gasteiger partial charge < -0.3 is 9.64 Å². The maximum absolute atomic E-state index is 13.1. The van der Waals surface area contributed by atoms with Crippen molar-refractivity contribution in [2.24, 2.45) is 0 Å². The number of amides is 1. The first-order valence-corrected chi connectivity index (χ1v) is 9.82. The molecule has 3 rings (SSSR count). The van der Waals surface area contributed by atoms with Gasteiger partial charge in [0.05, 0.1) is 0 Å². The molecule has 2 atom stereocenters. The molecule has 0 saturated carbocycles. The number of rotatable bonds is 5. The second kappa shape index (κ2) is 8.74. The van der Waals surface area contributed by atoms with E-state index < -0.39 is 0 Å².